The van der Waals surface area contributed by atoms with E-state index in [1.165, 1.54) is 0 Å². The predicted molar refractivity (Wildman–Crippen MR) is 88.9 cm³/mol. The second kappa shape index (κ2) is 7.34. The molecule has 116 valence electrons. The van der Waals surface area contributed by atoms with Crippen molar-refractivity contribution in [3.63, 3.8) is 0 Å². The molecule has 1 aliphatic rings. The molecule has 0 amide bonds. The van der Waals surface area contributed by atoms with E-state index in [9.17, 15) is 0 Å². The van der Waals surface area contributed by atoms with Gasteiger partial charge in [-0.3, -0.25) is 0 Å². The van der Waals surface area contributed by atoms with Crippen molar-refractivity contribution < 1.29 is 9.47 Å². The quantitative estimate of drug-likeness (QED) is 0.910. The number of morpholine rings is 1. The first kappa shape index (κ1) is 15.6. The Labute approximate surface area is 140 Å². The molecular weight excluding hydrogens is 321 g/mol. The molecule has 2 aromatic carbocycles. The maximum Gasteiger partial charge on any atom is 0.151 e. The number of hydrogen-bond acceptors (Lipinski definition) is 3. The normalized spacial score (nSPS) is 19.6. The van der Waals surface area contributed by atoms with Crippen LogP contribution in [0.2, 0.25) is 10.0 Å². The number of ether oxygens (including phenoxy) is 2. The summed E-state index contributed by atoms with van der Waals surface area (Å²) in [5.41, 5.74) is 1.05. The van der Waals surface area contributed by atoms with Crippen molar-refractivity contribution >= 4 is 23.2 Å². The lowest BCUT2D eigenvalue weighted by atomic mass is 10.0. The van der Waals surface area contributed by atoms with Gasteiger partial charge in [0.15, 0.2) is 6.10 Å². The first-order chi connectivity index (χ1) is 10.7. The molecule has 1 heterocycles. The maximum atomic E-state index is 6.23. The summed E-state index contributed by atoms with van der Waals surface area (Å²) in [6.07, 6.45) is -0.323. The zero-order valence-electron chi connectivity index (χ0n) is 12.0. The lowest BCUT2D eigenvalue weighted by Crippen LogP contribution is -2.43. The Morgan fingerprint density at radius 2 is 1.95 bits per heavy atom. The summed E-state index contributed by atoms with van der Waals surface area (Å²) in [4.78, 5) is 0. The van der Waals surface area contributed by atoms with Crippen LogP contribution in [0.5, 0.6) is 5.75 Å². The third kappa shape index (κ3) is 3.73. The van der Waals surface area contributed by atoms with Gasteiger partial charge in [0, 0.05) is 24.2 Å². The van der Waals surface area contributed by atoms with Gasteiger partial charge in [-0.25, -0.2) is 0 Å². The lowest BCUT2D eigenvalue weighted by molar-refractivity contribution is -0.0432. The first-order valence-electron chi connectivity index (χ1n) is 7.23. The van der Waals surface area contributed by atoms with Crippen LogP contribution in [0.4, 0.5) is 0 Å². The summed E-state index contributed by atoms with van der Waals surface area (Å²) in [5.74, 6) is 0.567. The molecule has 3 nitrogen and oxygen atoms in total. The highest BCUT2D eigenvalue weighted by Crippen LogP contribution is 2.33. The molecule has 2 unspecified atom stereocenters. The molecule has 5 heteroatoms. The topological polar surface area (TPSA) is 30.5 Å². The van der Waals surface area contributed by atoms with Gasteiger partial charge >= 0.3 is 0 Å². The van der Waals surface area contributed by atoms with Gasteiger partial charge in [0.25, 0.3) is 0 Å². The van der Waals surface area contributed by atoms with Crippen LogP contribution in [0.25, 0.3) is 0 Å². The Bertz CT molecular complexity index is 615. The third-order valence-electron chi connectivity index (χ3n) is 3.57. The molecule has 1 N–H and O–H groups in total. The van der Waals surface area contributed by atoms with Crippen LogP contribution < -0.4 is 10.1 Å². The van der Waals surface area contributed by atoms with Crippen molar-refractivity contribution in [3.8, 4) is 5.75 Å². The summed E-state index contributed by atoms with van der Waals surface area (Å²) >= 11 is 12.3. The van der Waals surface area contributed by atoms with Crippen molar-refractivity contribution in [2.24, 2.45) is 0 Å². The summed E-state index contributed by atoms with van der Waals surface area (Å²) in [6.45, 7) is 2.26. The van der Waals surface area contributed by atoms with E-state index >= 15 is 0 Å². The molecule has 3 rings (SSSR count). The van der Waals surface area contributed by atoms with Crippen molar-refractivity contribution in [1.29, 1.82) is 0 Å². The standard InChI is InChI=1S/C17H17Cl2NO2/c18-13-6-7-14(19)15(10-13)22-17(12-4-2-1-3-5-12)16-11-20-8-9-21-16/h1-7,10,16-17,20H,8-9,11H2. The second-order valence-electron chi connectivity index (χ2n) is 5.14. The van der Waals surface area contributed by atoms with Crippen LogP contribution >= 0.6 is 23.2 Å². The minimum Gasteiger partial charge on any atom is -0.481 e. The Morgan fingerprint density at radius 3 is 2.68 bits per heavy atom. The van der Waals surface area contributed by atoms with Gasteiger partial charge in [-0.05, 0) is 17.7 Å². The highest BCUT2D eigenvalue weighted by Gasteiger charge is 2.28. The second-order valence-corrected chi connectivity index (χ2v) is 5.98. The van der Waals surface area contributed by atoms with Gasteiger partial charge in [0.2, 0.25) is 0 Å². The first-order valence-corrected chi connectivity index (χ1v) is 7.98. The van der Waals surface area contributed by atoms with Gasteiger partial charge < -0.3 is 14.8 Å². The molecule has 22 heavy (non-hydrogen) atoms. The highest BCUT2D eigenvalue weighted by molar-refractivity contribution is 6.34. The lowest BCUT2D eigenvalue weighted by Gasteiger charge is -2.31. The van der Waals surface area contributed by atoms with Crippen molar-refractivity contribution in [1.82, 2.24) is 5.32 Å². The smallest absolute Gasteiger partial charge is 0.151 e. The SMILES string of the molecule is Clc1ccc(Cl)c(OC(c2ccccc2)C2CNCCO2)c1. The molecule has 0 aliphatic carbocycles. The zero-order chi connectivity index (χ0) is 15.4. The molecule has 1 saturated heterocycles. The van der Waals surface area contributed by atoms with Gasteiger partial charge in [-0.2, -0.15) is 0 Å². The van der Waals surface area contributed by atoms with Crippen molar-refractivity contribution in [2.75, 3.05) is 19.7 Å². The van der Waals surface area contributed by atoms with Gasteiger partial charge in [0.05, 0.1) is 11.6 Å². The molecule has 1 fully saturated rings. The van der Waals surface area contributed by atoms with E-state index in [0.29, 0.717) is 22.4 Å². The highest BCUT2D eigenvalue weighted by atomic mass is 35.5. The Hall–Kier alpha value is -1.26. The van der Waals surface area contributed by atoms with Crippen molar-refractivity contribution in [3.05, 3.63) is 64.1 Å². The molecule has 0 spiro atoms. The van der Waals surface area contributed by atoms with E-state index in [2.05, 4.69) is 5.32 Å². The minimum absolute atomic E-state index is 0.0776. The summed E-state index contributed by atoms with van der Waals surface area (Å²) in [7, 11) is 0. The Balaban J connectivity index is 1.89. The van der Waals surface area contributed by atoms with Gasteiger partial charge in [-0.15, -0.1) is 0 Å². The monoisotopic (exact) mass is 337 g/mol. The van der Waals surface area contributed by atoms with Crippen molar-refractivity contribution in [2.45, 2.75) is 12.2 Å². The number of rotatable bonds is 4. The van der Waals surface area contributed by atoms with E-state index in [1.54, 1.807) is 18.2 Å². The fourth-order valence-corrected chi connectivity index (χ4v) is 2.81. The van der Waals surface area contributed by atoms with Crippen LogP contribution in [-0.4, -0.2) is 25.8 Å². The van der Waals surface area contributed by atoms with E-state index < -0.39 is 0 Å². The molecule has 2 atom stereocenters. The summed E-state index contributed by atoms with van der Waals surface area (Å²) < 4.78 is 12.0. The van der Waals surface area contributed by atoms with E-state index in [0.717, 1.165) is 18.7 Å². The molecule has 0 saturated carbocycles. The maximum absolute atomic E-state index is 6.23. The fourth-order valence-electron chi connectivity index (χ4n) is 2.49. The molecular formula is C17H17Cl2NO2. The Kier molecular flexibility index (Phi) is 5.21. The van der Waals surface area contributed by atoms with Crippen LogP contribution in [0.3, 0.4) is 0 Å². The van der Waals surface area contributed by atoms with E-state index in [1.807, 2.05) is 30.3 Å². The van der Waals surface area contributed by atoms with E-state index in [-0.39, 0.29) is 12.2 Å². The molecule has 0 aromatic heterocycles. The van der Waals surface area contributed by atoms with Crippen LogP contribution in [0.1, 0.15) is 11.7 Å². The number of benzene rings is 2. The number of halogens is 2. The zero-order valence-corrected chi connectivity index (χ0v) is 13.5. The van der Waals surface area contributed by atoms with Gasteiger partial charge in [-0.1, -0.05) is 53.5 Å². The van der Waals surface area contributed by atoms with Crippen LogP contribution in [0, 0.1) is 0 Å². The van der Waals surface area contributed by atoms with Gasteiger partial charge in [0.1, 0.15) is 11.9 Å². The summed E-state index contributed by atoms with van der Waals surface area (Å²) in [6, 6.07) is 15.2. The van der Waals surface area contributed by atoms with Crippen LogP contribution in [-0.2, 0) is 4.74 Å². The third-order valence-corrected chi connectivity index (χ3v) is 4.12. The average Bonchev–Trinajstić information content (AvgIpc) is 2.57. The largest absolute Gasteiger partial charge is 0.481 e. The number of nitrogens with one attached hydrogen (secondary N) is 1. The molecule has 2 aromatic rings. The van der Waals surface area contributed by atoms with E-state index in [4.69, 9.17) is 32.7 Å². The molecule has 0 bridgehead atoms. The summed E-state index contributed by atoms with van der Waals surface area (Å²) in [5, 5.41) is 4.46. The average molecular weight is 338 g/mol. The molecule has 1 aliphatic heterocycles. The Morgan fingerprint density at radius 1 is 1.14 bits per heavy atom. The molecule has 0 radical (unpaired) electrons. The predicted octanol–water partition coefficient (Wildman–Crippen LogP) is 4.10. The fraction of sp³-hybridized carbons (Fsp3) is 0.294. The van der Waals surface area contributed by atoms with Crippen LogP contribution in [0.15, 0.2) is 48.5 Å². The number of hydrogen-bond donors (Lipinski definition) is 1. The minimum atomic E-state index is -0.245.